The minimum absolute atomic E-state index is 0.0837. The third-order valence-electron chi connectivity index (χ3n) is 4.92. The van der Waals surface area contributed by atoms with Crippen molar-refractivity contribution in [2.24, 2.45) is 0 Å². The van der Waals surface area contributed by atoms with Crippen LogP contribution < -0.4 is 9.47 Å². The molecule has 3 aromatic rings. The van der Waals surface area contributed by atoms with E-state index in [1.807, 2.05) is 72.8 Å². The smallest absolute Gasteiger partial charge is 0.179 e. The summed E-state index contributed by atoms with van der Waals surface area (Å²) in [6, 6.07) is 23.6. The summed E-state index contributed by atoms with van der Waals surface area (Å²) < 4.78 is 17.6. The number of hydrogen-bond donors (Lipinski definition) is 0. The number of hydrogen-bond acceptors (Lipinski definition) is 5. The lowest BCUT2D eigenvalue weighted by atomic mass is 9.98. The first-order valence-corrected chi connectivity index (χ1v) is 9.52. The molecule has 1 aliphatic heterocycles. The average Bonchev–Trinajstić information content (AvgIpc) is 2.74. The molecule has 1 fully saturated rings. The van der Waals surface area contributed by atoms with E-state index in [9.17, 15) is 0 Å². The summed E-state index contributed by atoms with van der Waals surface area (Å²) >= 11 is 0. The molecule has 1 heterocycles. The number of ether oxygens (including phenoxy) is 3. The summed E-state index contributed by atoms with van der Waals surface area (Å²) in [5.41, 5.74) is 3.04. The van der Waals surface area contributed by atoms with Gasteiger partial charge in [-0.25, -0.2) is 0 Å². The van der Waals surface area contributed by atoms with Crippen LogP contribution in [0.3, 0.4) is 0 Å². The zero-order chi connectivity index (χ0) is 20.1. The van der Waals surface area contributed by atoms with Crippen molar-refractivity contribution in [3.8, 4) is 34.6 Å². The van der Waals surface area contributed by atoms with Gasteiger partial charge in [0, 0.05) is 5.56 Å². The van der Waals surface area contributed by atoms with Crippen molar-refractivity contribution in [1.29, 1.82) is 5.26 Å². The monoisotopic (exact) mass is 386 g/mol. The first-order chi connectivity index (χ1) is 14.3. The SMILES string of the molecule is COc1ccccc1-c1cc(Oc2ccccc2)ccc1COC1CN(C#N)C1. The number of para-hydroxylation sites is 2. The van der Waals surface area contributed by atoms with E-state index in [2.05, 4.69) is 6.19 Å². The third kappa shape index (κ3) is 4.34. The van der Waals surface area contributed by atoms with Crippen molar-refractivity contribution >= 4 is 0 Å². The third-order valence-corrected chi connectivity index (χ3v) is 4.92. The average molecular weight is 386 g/mol. The molecule has 0 bridgehead atoms. The fourth-order valence-corrected chi connectivity index (χ4v) is 3.32. The van der Waals surface area contributed by atoms with Gasteiger partial charge in [-0.15, -0.1) is 0 Å². The number of likely N-dealkylation sites (tertiary alicyclic amines) is 1. The Morgan fingerprint density at radius 2 is 1.69 bits per heavy atom. The molecule has 146 valence electrons. The molecule has 1 saturated heterocycles. The highest BCUT2D eigenvalue weighted by Crippen LogP contribution is 2.36. The van der Waals surface area contributed by atoms with Crippen molar-refractivity contribution in [3.05, 3.63) is 78.4 Å². The second-order valence-corrected chi connectivity index (χ2v) is 6.87. The van der Waals surface area contributed by atoms with E-state index in [4.69, 9.17) is 19.5 Å². The molecule has 0 N–H and O–H groups in total. The summed E-state index contributed by atoms with van der Waals surface area (Å²) in [5.74, 6) is 2.33. The highest BCUT2D eigenvalue weighted by Gasteiger charge is 2.26. The maximum atomic E-state index is 8.88. The fourth-order valence-electron chi connectivity index (χ4n) is 3.32. The van der Waals surface area contributed by atoms with Crippen LogP contribution in [-0.4, -0.2) is 31.2 Å². The lowest BCUT2D eigenvalue weighted by Crippen LogP contribution is -2.49. The van der Waals surface area contributed by atoms with E-state index in [-0.39, 0.29) is 6.10 Å². The molecule has 0 unspecified atom stereocenters. The molecule has 0 radical (unpaired) electrons. The fraction of sp³-hybridized carbons (Fsp3) is 0.208. The molecule has 4 rings (SSSR count). The van der Waals surface area contributed by atoms with Crippen LogP contribution in [0.2, 0.25) is 0 Å². The van der Waals surface area contributed by atoms with Gasteiger partial charge in [-0.3, -0.25) is 0 Å². The molecule has 0 amide bonds. The molecule has 0 atom stereocenters. The zero-order valence-electron chi connectivity index (χ0n) is 16.2. The summed E-state index contributed by atoms with van der Waals surface area (Å²) in [6.07, 6.45) is 2.22. The highest BCUT2D eigenvalue weighted by atomic mass is 16.5. The summed E-state index contributed by atoms with van der Waals surface area (Å²) in [5, 5.41) is 8.88. The van der Waals surface area contributed by atoms with Crippen molar-refractivity contribution < 1.29 is 14.2 Å². The summed E-state index contributed by atoms with van der Waals surface area (Å²) in [6.45, 7) is 1.76. The van der Waals surface area contributed by atoms with Crippen LogP contribution in [0.15, 0.2) is 72.8 Å². The van der Waals surface area contributed by atoms with Gasteiger partial charge < -0.3 is 19.1 Å². The lowest BCUT2D eigenvalue weighted by molar-refractivity contribution is -0.0399. The first kappa shape index (κ1) is 18.9. The second-order valence-electron chi connectivity index (χ2n) is 6.87. The number of nitriles is 1. The minimum atomic E-state index is 0.0837. The van der Waals surface area contributed by atoms with Crippen LogP contribution in [0.1, 0.15) is 5.56 Å². The highest BCUT2D eigenvalue weighted by molar-refractivity contribution is 5.74. The van der Waals surface area contributed by atoms with Gasteiger partial charge in [-0.1, -0.05) is 42.5 Å². The Hall–Kier alpha value is -3.49. The maximum Gasteiger partial charge on any atom is 0.179 e. The van der Waals surface area contributed by atoms with Gasteiger partial charge in [0.1, 0.15) is 17.2 Å². The van der Waals surface area contributed by atoms with Crippen LogP contribution in [-0.2, 0) is 11.3 Å². The zero-order valence-corrected chi connectivity index (χ0v) is 16.2. The predicted molar refractivity (Wildman–Crippen MR) is 111 cm³/mol. The van der Waals surface area contributed by atoms with Crippen LogP contribution >= 0.6 is 0 Å². The van der Waals surface area contributed by atoms with E-state index >= 15 is 0 Å². The van der Waals surface area contributed by atoms with Crippen LogP contribution in [0.5, 0.6) is 17.2 Å². The van der Waals surface area contributed by atoms with E-state index in [1.165, 1.54) is 0 Å². The molecule has 1 aliphatic rings. The van der Waals surface area contributed by atoms with E-state index in [1.54, 1.807) is 12.0 Å². The van der Waals surface area contributed by atoms with E-state index < -0.39 is 0 Å². The van der Waals surface area contributed by atoms with Gasteiger partial charge in [0.25, 0.3) is 0 Å². The normalized spacial score (nSPS) is 13.4. The number of methoxy groups -OCH3 is 1. The molecule has 0 saturated carbocycles. The van der Waals surface area contributed by atoms with Gasteiger partial charge >= 0.3 is 0 Å². The molecular weight excluding hydrogens is 364 g/mol. The topological polar surface area (TPSA) is 54.7 Å². The van der Waals surface area contributed by atoms with E-state index in [0.717, 1.165) is 33.9 Å². The van der Waals surface area contributed by atoms with Crippen LogP contribution in [0.25, 0.3) is 11.1 Å². The number of rotatable bonds is 7. The Labute approximate surface area is 170 Å². The molecule has 0 spiro atoms. The summed E-state index contributed by atoms with van der Waals surface area (Å²) in [4.78, 5) is 1.68. The number of benzene rings is 3. The Morgan fingerprint density at radius 3 is 2.45 bits per heavy atom. The second kappa shape index (κ2) is 8.68. The molecule has 5 heteroatoms. The first-order valence-electron chi connectivity index (χ1n) is 9.52. The van der Waals surface area contributed by atoms with Gasteiger partial charge in [-0.2, -0.15) is 5.26 Å². The minimum Gasteiger partial charge on any atom is -0.496 e. The van der Waals surface area contributed by atoms with Gasteiger partial charge in [0.15, 0.2) is 6.19 Å². The van der Waals surface area contributed by atoms with E-state index in [0.29, 0.717) is 19.7 Å². The standard InChI is InChI=1S/C24H22N2O3/c1-27-24-10-6-5-9-22(24)23-13-20(29-19-7-3-2-4-8-19)12-11-18(23)16-28-21-14-26(15-21)17-25/h2-13,21H,14-16H2,1H3. The number of nitrogens with zero attached hydrogens (tertiary/aromatic N) is 2. The summed E-state index contributed by atoms with van der Waals surface area (Å²) in [7, 11) is 1.67. The maximum absolute atomic E-state index is 8.88. The molecular formula is C24H22N2O3. The molecule has 5 nitrogen and oxygen atoms in total. The Balaban J connectivity index is 1.62. The molecule has 3 aromatic carbocycles. The Morgan fingerprint density at radius 1 is 0.931 bits per heavy atom. The van der Waals surface area contributed by atoms with Crippen molar-refractivity contribution in [2.45, 2.75) is 12.7 Å². The predicted octanol–water partition coefficient (Wildman–Crippen LogP) is 4.84. The Kier molecular flexibility index (Phi) is 5.64. The van der Waals surface area contributed by atoms with Crippen molar-refractivity contribution in [2.75, 3.05) is 20.2 Å². The van der Waals surface area contributed by atoms with Gasteiger partial charge in [0.05, 0.1) is 32.9 Å². The van der Waals surface area contributed by atoms with Crippen LogP contribution in [0, 0.1) is 11.5 Å². The Bertz CT molecular complexity index is 1010. The van der Waals surface area contributed by atoms with Crippen molar-refractivity contribution in [3.63, 3.8) is 0 Å². The molecule has 0 aromatic heterocycles. The largest absolute Gasteiger partial charge is 0.496 e. The van der Waals surface area contributed by atoms with Gasteiger partial charge in [0.2, 0.25) is 0 Å². The molecule has 0 aliphatic carbocycles. The lowest BCUT2D eigenvalue weighted by Gasteiger charge is -2.34. The quantitative estimate of drug-likeness (QED) is 0.544. The molecule has 29 heavy (non-hydrogen) atoms. The van der Waals surface area contributed by atoms with Gasteiger partial charge in [-0.05, 0) is 41.5 Å². The van der Waals surface area contributed by atoms with Crippen LogP contribution in [0.4, 0.5) is 0 Å². The van der Waals surface area contributed by atoms with Crippen molar-refractivity contribution in [1.82, 2.24) is 4.90 Å².